The minimum atomic E-state index is -0.355. The molecule has 7 nitrogen and oxygen atoms in total. The minimum absolute atomic E-state index is 0.107. The molecule has 2 saturated heterocycles. The second-order valence-electron chi connectivity index (χ2n) is 8.48. The lowest BCUT2D eigenvalue weighted by Crippen LogP contribution is -2.56. The summed E-state index contributed by atoms with van der Waals surface area (Å²) in [6.45, 7) is 3.40. The Labute approximate surface area is 180 Å². The third kappa shape index (κ3) is 3.71. The molecular formula is C22H24ClN5O2. The predicted octanol–water partition coefficient (Wildman–Crippen LogP) is 3.64. The third-order valence-corrected chi connectivity index (χ3v) is 6.57. The van der Waals surface area contributed by atoms with E-state index in [0.717, 1.165) is 55.7 Å². The van der Waals surface area contributed by atoms with Crippen molar-refractivity contribution in [3.8, 4) is 11.9 Å². The summed E-state index contributed by atoms with van der Waals surface area (Å²) in [5.74, 6) is 1.25. The third-order valence-electron chi connectivity index (χ3n) is 6.26. The quantitative estimate of drug-likeness (QED) is 0.755. The molecule has 8 heteroatoms. The first-order valence-corrected chi connectivity index (χ1v) is 10.7. The maximum Gasteiger partial charge on any atom is 0.221 e. The van der Waals surface area contributed by atoms with Crippen molar-refractivity contribution in [2.45, 2.75) is 56.2 Å². The first kappa shape index (κ1) is 19.6. The van der Waals surface area contributed by atoms with Gasteiger partial charge in [-0.25, -0.2) is 9.97 Å². The fraction of sp³-hybridized carbons (Fsp3) is 0.500. The van der Waals surface area contributed by atoms with Crippen molar-refractivity contribution in [1.29, 1.82) is 5.26 Å². The van der Waals surface area contributed by atoms with Crippen molar-refractivity contribution >= 4 is 23.1 Å². The van der Waals surface area contributed by atoms with Crippen LogP contribution in [0, 0.1) is 18.3 Å². The highest BCUT2D eigenvalue weighted by molar-refractivity contribution is 6.33. The van der Waals surface area contributed by atoms with Gasteiger partial charge < -0.3 is 20.1 Å². The molecule has 2 aromatic rings. The largest absolute Gasteiger partial charge is 0.474 e. The molecule has 1 saturated carbocycles. The Kier molecular flexibility index (Phi) is 5.02. The van der Waals surface area contributed by atoms with Gasteiger partial charge in [-0.2, -0.15) is 5.26 Å². The molecule has 2 N–H and O–H groups in total. The molecule has 2 atom stereocenters. The van der Waals surface area contributed by atoms with E-state index in [1.807, 2.05) is 25.1 Å². The normalized spacial score (nSPS) is 26.5. The molecule has 156 valence electrons. The minimum Gasteiger partial charge on any atom is -0.474 e. The Morgan fingerprint density at radius 2 is 2.03 bits per heavy atom. The van der Waals surface area contributed by atoms with Gasteiger partial charge in [0.15, 0.2) is 0 Å². The lowest BCUT2D eigenvalue weighted by molar-refractivity contribution is -0.0134. The summed E-state index contributed by atoms with van der Waals surface area (Å²) in [7, 11) is 0. The molecule has 1 aromatic heterocycles. The number of ether oxygens (including phenoxy) is 2. The number of hydrogen-bond acceptors (Lipinski definition) is 7. The van der Waals surface area contributed by atoms with E-state index in [9.17, 15) is 5.26 Å². The lowest BCUT2D eigenvalue weighted by atomic mass is 9.95. The van der Waals surface area contributed by atoms with Gasteiger partial charge in [-0.1, -0.05) is 17.7 Å². The number of morpholine rings is 1. The molecule has 0 radical (unpaired) electrons. The first-order valence-electron chi connectivity index (χ1n) is 10.4. The summed E-state index contributed by atoms with van der Waals surface area (Å²) >= 11 is 6.51. The summed E-state index contributed by atoms with van der Waals surface area (Å²) in [6.07, 6.45) is 5.20. The Morgan fingerprint density at radius 1 is 1.27 bits per heavy atom. The Bertz CT molecular complexity index is 992. The van der Waals surface area contributed by atoms with E-state index in [4.69, 9.17) is 21.1 Å². The summed E-state index contributed by atoms with van der Waals surface area (Å²) in [6, 6.07) is 8.83. The van der Waals surface area contributed by atoms with Crippen molar-refractivity contribution in [2.75, 3.05) is 18.5 Å². The number of nitrogens with one attached hydrogen (secondary N) is 2. The molecule has 3 aliphatic rings. The SMILES string of the molecule is Cc1c(Nc2ccc(C3(C#N)CC3)cc2Cl)ncnc1OC1CC2COCC(C1)N2. The molecule has 1 aliphatic carbocycles. The summed E-state index contributed by atoms with van der Waals surface area (Å²) in [5.41, 5.74) is 2.21. The number of halogens is 1. The van der Waals surface area contributed by atoms with E-state index in [-0.39, 0.29) is 11.5 Å². The smallest absolute Gasteiger partial charge is 0.221 e. The Morgan fingerprint density at radius 3 is 2.70 bits per heavy atom. The molecule has 3 fully saturated rings. The number of anilines is 2. The molecule has 0 spiro atoms. The molecule has 3 heterocycles. The number of nitriles is 1. The lowest BCUT2D eigenvalue weighted by Gasteiger charge is -2.39. The second kappa shape index (κ2) is 7.69. The van der Waals surface area contributed by atoms with Gasteiger partial charge in [0.25, 0.3) is 0 Å². The van der Waals surface area contributed by atoms with E-state index in [2.05, 4.69) is 26.7 Å². The molecule has 2 aliphatic heterocycles. The van der Waals surface area contributed by atoms with Crippen molar-refractivity contribution in [3.05, 3.63) is 40.7 Å². The number of piperidine rings is 1. The van der Waals surface area contributed by atoms with Gasteiger partial charge in [0.05, 0.1) is 41.0 Å². The molecule has 0 amide bonds. The molecule has 1 aromatic carbocycles. The number of rotatable bonds is 5. The van der Waals surface area contributed by atoms with E-state index in [0.29, 0.717) is 28.8 Å². The van der Waals surface area contributed by atoms with Gasteiger partial charge in [0.1, 0.15) is 18.2 Å². The summed E-state index contributed by atoms with van der Waals surface area (Å²) in [5, 5.41) is 16.8. The monoisotopic (exact) mass is 425 g/mol. The van der Waals surface area contributed by atoms with Crippen molar-refractivity contribution in [3.63, 3.8) is 0 Å². The maximum absolute atomic E-state index is 9.41. The van der Waals surface area contributed by atoms with Gasteiger partial charge in [-0.15, -0.1) is 0 Å². The second-order valence-corrected chi connectivity index (χ2v) is 8.88. The van der Waals surface area contributed by atoms with E-state index >= 15 is 0 Å². The van der Waals surface area contributed by atoms with E-state index in [1.165, 1.54) is 6.33 Å². The van der Waals surface area contributed by atoms with Crippen LogP contribution in [0.5, 0.6) is 5.88 Å². The van der Waals surface area contributed by atoms with Crippen LogP contribution in [0.1, 0.15) is 36.8 Å². The van der Waals surface area contributed by atoms with Gasteiger partial charge in [0, 0.05) is 24.9 Å². The Hall–Kier alpha value is -2.40. The standard InChI is InChI=1S/C22H24ClN5O2/c1-13-20(28-19-3-2-14(6-18(19)23)22(11-24)4-5-22)25-12-26-21(13)30-17-7-15-9-29-10-16(8-17)27-15/h2-3,6,12,15-17,27H,4-5,7-10H2,1H3,(H,25,26,28). The summed E-state index contributed by atoms with van der Waals surface area (Å²) < 4.78 is 11.9. The van der Waals surface area contributed by atoms with Gasteiger partial charge in [-0.3, -0.25) is 0 Å². The van der Waals surface area contributed by atoms with Crippen LogP contribution in [0.3, 0.4) is 0 Å². The maximum atomic E-state index is 9.41. The number of hydrogen-bond donors (Lipinski definition) is 2. The fourth-order valence-corrected chi connectivity index (χ4v) is 4.58. The number of benzene rings is 1. The molecule has 30 heavy (non-hydrogen) atoms. The highest BCUT2D eigenvalue weighted by Crippen LogP contribution is 2.48. The van der Waals surface area contributed by atoms with Crippen LogP contribution in [0.25, 0.3) is 0 Å². The molecule has 2 unspecified atom stereocenters. The first-order chi connectivity index (χ1) is 14.6. The zero-order valence-electron chi connectivity index (χ0n) is 16.8. The van der Waals surface area contributed by atoms with Crippen LogP contribution < -0.4 is 15.4 Å². The molecule has 5 rings (SSSR count). The number of fused-ring (bicyclic) bond motifs is 2. The molecule has 2 bridgehead atoms. The molecular weight excluding hydrogens is 402 g/mol. The zero-order valence-corrected chi connectivity index (χ0v) is 17.6. The van der Waals surface area contributed by atoms with Crippen LogP contribution in [-0.4, -0.2) is 41.4 Å². The summed E-state index contributed by atoms with van der Waals surface area (Å²) in [4.78, 5) is 8.74. The Balaban J connectivity index is 1.32. The van der Waals surface area contributed by atoms with E-state index < -0.39 is 0 Å². The average Bonchev–Trinajstić information content (AvgIpc) is 3.53. The van der Waals surface area contributed by atoms with Crippen molar-refractivity contribution in [2.24, 2.45) is 0 Å². The highest BCUT2D eigenvalue weighted by atomic mass is 35.5. The number of aromatic nitrogens is 2. The predicted molar refractivity (Wildman–Crippen MR) is 113 cm³/mol. The topological polar surface area (TPSA) is 92.1 Å². The van der Waals surface area contributed by atoms with Crippen LogP contribution >= 0.6 is 11.6 Å². The van der Waals surface area contributed by atoms with Crippen LogP contribution in [0.2, 0.25) is 5.02 Å². The van der Waals surface area contributed by atoms with Crippen LogP contribution in [-0.2, 0) is 10.2 Å². The van der Waals surface area contributed by atoms with Gasteiger partial charge in [-0.05, 0) is 37.5 Å². The van der Waals surface area contributed by atoms with Crippen LogP contribution in [0.15, 0.2) is 24.5 Å². The number of nitrogens with zero attached hydrogens (tertiary/aromatic N) is 3. The van der Waals surface area contributed by atoms with Gasteiger partial charge in [0.2, 0.25) is 5.88 Å². The zero-order chi connectivity index (χ0) is 20.7. The van der Waals surface area contributed by atoms with Crippen molar-refractivity contribution in [1.82, 2.24) is 15.3 Å². The van der Waals surface area contributed by atoms with Crippen LogP contribution in [0.4, 0.5) is 11.5 Å². The average molecular weight is 426 g/mol. The fourth-order valence-electron chi connectivity index (χ4n) is 4.35. The van der Waals surface area contributed by atoms with Gasteiger partial charge >= 0.3 is 0 Å². The van der Waals surface area contributed by atoms with Crippen molar-refractivity contribution < 1.29 is 9.47 Å². The van der Waals surface area contributed by atoms with E-state index in [1.54, 1.807) is 0 Å². The highest BCUT2D eigenvalue weighted by Gasteiger charge is 2.45.